The van der Waals surface area contributed by atoms with Gasteiger partial charge in [-0.2, -0.15) is 0 Å². The maximum absolute atomic E-state index is 5.43. The Hall–Kier alpha value is -0.760. The summed E-state index contributed by atoms with van der Waals surface area (Å²) < 4.78 is 5.43. The minimum atomic E-state index is 0.343. The molecular formula is C14H23NO. The molecule has 0 radical (unpaired) electrons. The highest BCUT2D eigenvalue weighted by Gasteiger charge is 2.22. The van der Waals surface area contributed by atoms with Crippen LogP contribution in [0.3, 0.4) is 0 Å². The molecule has 1 aliphatic carbocycles. The zero-order chi connectivity index (χ0) is 11.4. The summed E-state index contributed by atoms with van der Waals surface area (Å²) in [5.41, 5.74) is 0. The van der Waals surface area contributed by atoms with Gasteiger partial charge in [0.2, 0.25) is 0 Å². The molecule has 16 heavy (non-hydrogen) atoms. The SMILES string of the molecule is CCC1CCCC(NC(C)c2ccco2)C1. The van der Waals surface area contributed by atoms with Crippen LogP contribution >= 0.6 is 0 Å². The van der Waals surface area contributed by atoms with Gasteiger partial charge in [-0.25, -0.2) is 0 Å². The van der Waals surface area contributed by atoms with Gasteiger partial charge < -0.3 is 9.73 Å². The molecule has 3 unspecified atom stereocenters. The highest BCUT2D eigenvalue weighted by atomic mass is 16.3. The summed E-state index contributed by atoms with van der Waals surface area (Å²) in [7, 11) is 0. The topological polar surface area (TPSA) is 25.2 Å². The van der Waals surface area contributed by atoms with Gasteiger partial charge in [-0.15, -0.1) is 0 Å². The fraction of sp³-hybridized carbons (Fsp3) is 0.714. The van der Waals surface area contributed by atoms with Crippen LogP contribution in [0.4, 0.5) is 0 Å². The van der Waals surface area contributed by atoms with E-state index in [1.54, 1.807) is 6.26 Å². The van der Waals surface area contributed by atoms with Crippen LogP contribution in [0.15, 0.2) is 22.8 Å². The zero-order valence-corrected chi connectivity index (χ0v) is 10.4. The molecule has 1 fully saturated rings. The maximum Gasteiger partial charge on any atom is 0.120 e. The molecule has 0 aromatic carbocycles. The first-order valence-corrected chi connectivity index (χ1v) is 6.59. The van der Waals surface area contributed by atoms with Gasteiger partial charge in [0.1, 0.15) is 5.76 Å². The van der Waals surface area contributed by atoms with Crippen LogP contribution in [0.1, 0.15) is 57.8 Å². The Morgan fingerprint density at radius 3 is 3.06 bits per heavy atom. The van der Waals surface area contributed by atoms with Crippen molar-refractivity contribution >= 4 is 0 Å². The fourth-order valence-corrected chi connectivity index (χ4v) is 2.79. The van der Waals surface area contributed by atoms with E-state index >= 15 is 0 Å². The van der Waals surface area contributed by atoms with Crippen LogP contribution in [0.2, 0.25) is 0 Å². The van der Waals surface area contributed by atoms with Crippen molar-refractivity contribution in [1.82, 2.24) is 5.32 Å². The van der Waals surface area contributed by atoms with E-state index in [4.69, 9.17) is 4.42 Å². The van der Waals surface area contributed by atoms with Crippen molar-refractivity contribution in [3.8, 4) is 0 Å². The van der Waals surface area contributed by atoms with Gasteiger partial charge >= 0.3 is 0 Å². The maximum atomic E-state index is 5.43. The molecule has 90 valence electrons. The predicted molar refractivity (Wildman–Crippen MR) is 66.3 cm³/mol. The predicted octanol–water partition coefficient (Wildman–Crippen LogP) is 3.90. The van der Waals surface area contributed by atoms with Crippen molar-refractivity contribution in [2.24, 2.45) is 5.92 Å². The van der Waals surface area contributed by atoms with Gasteiger partial charge in [-0.05, 0) is 37.8 Å². The van der Waals surface area contributed by atoms with Crippen molar-refractivity contribution in [3.05, 3.63) is 24.2 Å². The largest absolute Gasteiger partial charge is 0.468 e. The Kier molecular flexibility index (Phi) is 4.05. The molecule has 1 aromatic rings. The van der Waals surface area contributed by atoms with E-state index in [9.17, 15) is 0 Å². The van der Waals surface area contributed by atoms with E-state index in [1.165, 1.54) is 32.1 Å². The van der Waals surface area contributed by atoms with E-state index in [0.29, 0.717) is 12.1 Å². The number of nitrogens with one attached hydrogen (secondary N) is 1. The molecule has 1 aliphatic rings. The third-order valence-corrected chi connectivity index (χ3v) is 3.82. The highest BCUT2D eigenvalue weighted by molar-refractivity contribution is 5.03. The smallest absolute Gasteiger partial charge is 0.120 e. The van der Waals surface area contributed by atoms with Crippen LogP contribution in [0, 0.1) is 5.92 Å². The van der Waals surface area contributed by atoms with Gasteiger partial charge in [0.25, 0.3) is 0 Å². The average Bonchev–Trinajstić information content (AvgIpc) is 2.83. The summed E-state index contributed by atoms with van der Waals surface area (Å²) in [4.78, 5) is 0. The van der Waals surface area contributed by atoms with E-state index in [1.807, 2.05) is 6.07 Å². The normalized spacial score (nSPS) is 27.9. The first kappa shape index (κ1) is 11.7. The summed E-state index contributed by atoms with van der Waals surface area (Å²) in [6.07, 6.45) is 8.53. The lowest BCUT2D eigenvalue weighted by Crippen LogP contribution is -2.35. The minimum Gasteiger partial charge on any atom is -0.468 e. The molecule has 0 bridgehead atoms. The molecular weight excluding hydrogens is 198 g/mol. The van der Waals surface area contributed by atoms with Crippen molar-refractivity contribution < 1.29 is 4.42 Å². The van der Waals surface area contributed by atoms with Crippen molar-refractivity contribution in [2.45, 2.75) is 58.0 Å². The molecule has 2 nitrogen and oxygen atoms in total. The van der Waals surface area contributed by atoms with Gasteiger partial charge in [0, 0.05) is 6.04 Å². The van der Waals surface area contributed by atoms with Crippen molar-refractivity contribution in [1.29, 1.82) is 0 Å². The number of rotatable bonds is 4. The quantitative estimate of drug-likeness (QED) is 0.834. The molecule has 2 rings (SSSR count). The number of furan rings is 1. The molecule has 1 saturated carbocycles. The summed E-state index contributed by atoms with van der Waals surface area (Å²) in [6, 6.07) is 5.04. The number of hydrogen-bond acceptors (Lipinski definition) is 2. The molecule has 1 heterocycles. The highest BCUT2D eigenvalue weighted by Crippen LogP contribution is 2.28. The first-order chi connectivity index (χ1) is 7.79. The monoisotopic (exact) mass is 221 g/mol. The van der Waals surface area contributed by atoms with E-state index in [-0.39, 0.29) is 0 Å². The molecule has 1 N–H and O–H groups in total. The second kappa shape index (κ2) is 5.53. The lowest BCUT2D eigenvalue weighted by atomic mass is 9.84. The Labute approximate surface area is 98.4 Å². The fourth-order valence-electron chi connectivity index (χ4n) is 2.79. The standard InChI is InChI=1S/C14H23NO/c1-3-12-6-4-7-13(10-12)15-11(2)14-8-5-9-16-14/h5,8-9,11-13,15H,3-4,6-7,10H2,1-2H3. The third kappa shape index (κ3) is 2.88. The summed E-state index contributed by atoms with van der Waals surface area (Å²) in [5, 5.41) is 3.69. The molecule has 2 heteroatoms. The second-order valence-electron chi connectivity index (χ2n) is 5.04. The van der Waals surface area contributed by atoms with E-state index in [2.05, 4.69) is 25.2 Å². The first-order valence-electron chi connectivity index (χ1n) is 6.59. The molecule has 0 saturated heterocycles. The average molecular weight is 221 g/mol. The third-order valence-electron chi connectivity index (χ3n) is 3.82. The number of hydrogen-bond donors (Lipinski definition) is 1. The van der Waals surface area contributed by atoms with E-state index in [0.717, 1.165) is 11.7 Å². The lowest BCUT2D eigenvalue weighted by molar-refractivity contribution is 0.257. The summed E-state index contributed by atoms with van der Waals surface area (Å²) in [5.74, 6) is 1.98. The Bertz CT molecular complexity index is 294. The molecule has 1 aromatic heterocycles. The molecule has 3 atom stereocenters. The van der Waals surface area contributed by atoms with Crippen LogP contribution in [0.25, 0.3) is 0 Å². The summed E-state index contributed by atoms with van der Waals surface area (Å²) >= 11 is 0. The van der Waals surface area contributed by atoms with Gasteiger partial charge in [-0.3, -0.25) is 0 Å². The van der Waals surface area contributed by atoms with Gasteiger partial charge in [0.05, 0.1) is 12.3 Å². The molecule has 0 spiro atoms. The van der Waals surface area contributed by atoms with Gasteiger partial charge in [-0.1, -0.05) is 26.2 Å². The van der Waals surface area contributed by atoms with Crippen molar-refractivity contribution in [3.63, 3.8) is 0 Å². The van der Waals surface area contributed by atoms with Gasteiger partial charge in [0.15, 0.2) is 0 Å². The van der Waals surface area contributed by atoms with Crippen molar-refractivity contribution in [2.75, 3.05) is 0 Å². The van der Waals surface area contributed by atoms with E-state index < -0.39 is 0 Å². The Morgan fingerprint density at radius 2 is 2.38 bits per heavy atom. The lowest BCUT2D eigenvalue weighted by Gasteiger charge is -2.31. The molecule has 0 aliphatic heterocycles. The zero-order valence-electron chi connectivity index (χ0n) is 10.4. The molecule has 0 amide bonds. The van der Waals surface area contributed by atoms with Crippen LogP contribution in [-0.4, -0.2) is 6.04 Å². The van der Waals surface area contributed by atoms with Crippen LogP contribution in [0.5, 0.6) is 0 Å². The van der Waals surface area contributed by atoms with Crippen LogP contribution in [-0.2, 0) is 0 Å². The van der Waals surface area contributed by atoms with Crippen LogP contribution < -0.4 is 5.32 Å². The second-order valence-corrected chi connectivity index (χ2v) is 5.04. The Morgan fingerprint density at radius 1 is 1.50 bits per heavy atom. The minimum absolute atomic E-state index is 0.343. The summed E-state index contributed by atoms with van der Waals surface area (Å²) in [6.45, 7) is 4.50. The Balaban J connectivity index is 1.84.